The minimum absolute atomic E-state index is 0.121. The standard InChI is InChI=1S/C14H19BrFNO/c1-9(2)5-10(8-17)6-14(18)12-7-11(15)3-4-13(12)16/h3-4,7,9-10H,5-6,8,17H2,1-2H3. The molecule has 0 radical (unpaired) electrons. The SMILES string of the molecule is CC(C)CC(CN)CC(=O)c1cc(Br)ccc1F. The van der Waals surface area contributed by atoms with Crippen LogP contribution in [0.15, 0.2) is 22.7 Å². The summed E-state index contributed by atoms with van der Waals surface area (Å²) in [6.45, 7) is 4.64. The molecule has 1 rings (SSSR count). The van der Waals surface area contributed by atoms with E-state index in [-0.39, 0.29) is 17.3 Å². The highest BCUT2D eigenvalue weighted by molar-refractivity contribution is 9.10. The number of hydrogen-bond acceptors (Lipinski definition) is 2. The van der Waals surface area contributed by atoms with Crippen LogP contribution < -0.4 is 5.73 Å². The van der Waals surface area contributed by atoms with Crippen LogP contribution in [0.3, 0.4) is 0 Å². The fourth-order valence-corrected chi connectivity index (χ4v) is 2.37. The van der Waals surface area contributed by atoms with Crippen LogP contribution >= 0.6 is 15.9 Å². The molecule has 0 heterocycles. The molecule has 1 aromatic rings. The number of benzene rings is 1. The van der Waals surface area contributed by atoms with E-state index in [1.54, 1.807) is 6.07 Å². The zero-order valence-corrected chi connectivity index (χ0v) is 12.3. The first-order valence-electron chi connectivity index (χ1n) is 6.12. The van der Waals surface area contributed by atoms with E-state index in [0.29, 0.717) is 23.4 Å². The number of Topliss-reactive ketones (excluding diaryl/α,β-unsaturated/α-hetero) is 1. The molecular formula is C14H19BrFNO. The Kier molecular flexibility index (Phi) is 5.96. The van der Waals surface area contributed by atoms with E-state index in [1.807, 2.05) is 0 Å². The summed E-state index contributed by atoms with van der Waals surface area (Å²) in [6.07, 6.45) is 1.19. The average Bonchev–Trinajstić information content (AvgIpc) is 2.30. The van der Waals surface area contributed by atoms with Crippen molar-refractivity contribution in [1.29, 1.82) is 0 Å². The predicted molar refractivity (Wildman–Crippen MR) is 75.0 cm³/mol. The number of hydrogen-bond donors (Lipinski definition) is 1. The molecule has 0 aliphatic heterocycles. The van der Waals surface area contributed by atoms with Crippen molar-refractivity contribution in [2.75, 3.05) is 6.54 Å². The van der Waals surface area contributed by atoms with Crippen molar-refractivity contribution in [3.8, 4) is 0 Å². The second kappa shape index (κ2) is 7.00. The fraction of sp³-hybridized carbons (Fsp3) is 0.500. The van der Waals surface area contributed by atoms with Crippen LogP contribution in [0, 0.1) is 17.7 Å². The van der Waals surface area contributed by atoms with E-state index in [9.17, 15) is 9.18 Å². The molecule has 1 unspecified atom stereocenters. The van der Waals surface area contributed by atoms with Gasteiger partial charge in [-0.1, -0.05) is 29.8 Å². The first-order chi connectivity index (χ1) is 8.43. The molecule has 18 heavy (non-hydrogen) atoms. The molecular weight excluding hydrogens is 297 g/mol. The molecule has 2 N–H and O–H groups in total. The molecule has 0 fully saturated rings. The monoisotopic (exact) mass is 315 g/mol. The molecule has 0 saturated carbocycles. The van der Waals surface area contributed by atoms with Gasteiger partial charge in [-0.05, 0) is 43.0 Å². The van der Waals surface area contributed by atoms with Gasteiger partial charge in [0.25, 0.3) is 0 Å². The molecule has 4 heteroatoms. The molecule has 1 atom stereocenters. The highest BCUT2D eigenvalue weighted by Crippen LogP contribution is 2.21. The minimum Gasteiger partial charge on any atom is -0.330 e. The molecule has 100 valence electrons. The third-order valence-corrected chi connectivity index (χ3v) is 3.33. The van der Waals surface area contributed by atoms with Crippen molar-refractivity contribution >= 4 is 21.7 Å². The molecule has 0 aromatic heterocycles. The van der Waals surface area contributed by atoms with Crippen LogP contribution in [0.4, 0.5) is 4.39 Å². The Bertz CT molecular complexity index is 420. The first-order valence-corrected chi connectivity index (χ1v) is 6.91. The third kappa shape index (κ3) is 4.50. The second-order valence-corrected chi connectivity index (χ2v) is 5.90. The summed E-state index contributed by atoms with van der Waals surface area (Å²) >= 11 is 3.24. The van der Waals surface area contributed by atoms with Crippen molar-refractivity contribution in [2.24, 2.45) is 17.6 Å². The number of carbonyl (C=O) groups excluding carboxylic acids is 1. The lowest BCUT2D eigenvalue weighted by molar-refractivity contribution is 0.0953. The maximum atomic E-state index is 13.6. The van der Waals surface area contributed by atoms with E-state index in [0.717, 1.165) is 6.42 Å². The summed E-state index contributed by atoms with van der Waals surface area (Å²) in [7, 11) is 0. The summed E-state index contributed by atoms with van der Waals surface area (Å²) in [5, 5.41) is 0. The topological polar surface area (TPSA) is 43.1 Å². The molecule has 0 amide bonds. The van der Waals surface area contributed by atoms with Crippen LogP contribution in [-0.4, -0.2) is 12.3 Å². The summed E-state index contributed by atoms with van der Waals surface area (Å²) in [6, 6.07) is 4.42. The van der Waals surface area contributed by atoms with Gasteiger partial charge in [-0.15, -0.1) is 0 Å². The zero-order chi connectivity index (χ0) is 13.7. The summed E-state index contributed by atoms with van der Waals surface area (Å²) in [4.78, 5) is 12.1. The average molecular weight is 316 g/mol. The quantitative estimate of drug-likeness (QED) is 0.812. The summed E-state index contributed by atoms with van der Waals surface area (Å²) in [5.41, 5.74) is 5.81. The number of halogens is 2. The van der Waals surface area contributed by atoms with Gasteiger partial charge in [-0.25, -0.2) is 4.39 Å². The maximum absolute atomic E-state index is 13.6. The lowest BCUT2D eigenvalue weighted by Crippen LogP contribution is -2.20. The van der Waals surface area contributed by atoms with E-state index in [1.165, 1.54) is 12.1 Å². The fourth-order valence-electron chi connectivity index (χ4n) is 2.01. The molecule has 0 aliphatic carbocycles. The van der Waals surface area contributed by atoms with Gasteiger partial charge < -0.3 is 5.73 Å². The van der Waals surface area contributed by atoms with E-state index < -0.39 is 5.82 Å². The number of rotatable bonds is 6. The summed E-state index contributed by atoms with van der Waals surface area (Å²) in [5.74, 6) is -0.0389. The van der Waals surface area contributed by atoms with E-state index >= 15 is 0 Å². The van der Waals surface area contributed by atoms with Gasteiger partial charge in [0.1, 0.15) is 5.82 Å². The van der Waals surface area contributed by atoms with Crippen molar-refractivity contribution < 1.29 is 9.18 Å². The van der Waals surface area contributed by atoms with Crippen LogP contribution in [0.1, 0.15) is 37.0 Å². The molecule has 0 bridgehead atoms. The molecule has 0 saturated heterocycles. The smallest absolute Gasteiger partial charge is 0.166 e. The predicted octanol–water partition coefficient (Wildman–Crippen LogP) is 3.78. The molecule has 2 nitrogen and oxygen atoms in total. The molecule has 1 aromatic carbocycles. The van der Waals surface area contributed by atoms with E-state index in [2.05, 4.69) is 29.8 Å². The van der Waals surface area contributed by atoms with Crippen molar-refractivity contribution in [3.63, 3.8) is 0 Å². The van der Waals surface area contributed by atoms with Gasteiger partial charge in [0.2, 0.25) is 0 Å². The highest BCUT2D eigenvalue weighted by Gasteiger charge is 2.18. The first kappa shape index (κ1) is 15.3. The number of carbonyl (C=O) groups is 1. The zero-order valence-electron chi connectivity index (χ0n) is 10.7. The number of ketones is 1. The van der Waals surface area contributed by atoms with Gasteiger partial charge in [0.05, 0.1) is 5.56 Å². The van der Waals surface area contributed by atoms with E-state index in [4.69, 9.17) is 5.73 Å². The lowest BCUT2D eigenvalue weighted by atomic mass is 9.90. The van der Waals surface area contributed by atoms with Gasteiger partial charge >= 0.3 is 0 Å². The van der Waals surface area contributed by atoms with Gasteiger partial charge in [0.15, 0.2) is 5.78 Å². The Morgan fingerprint density at radius 3 is 2.67 bits per heavy atom. The Hall–Kier alpha value is -0.740. The van der Waals surface area contributed by atoms with Gasteiger partial charge in [-0.2, -0.15) is 0 Å². The van der Waals surface area contributed by atoms with Gasteiger partial charge in [-0.3, -0.25) is 4.79 Å². The van der Waals surface area contributed by atoms with Crippen LogP contribution in [0.2, 0.25) is 0 Å². The van der Waals surface area contributed by atoms with Crippen molar-refractivity contribution in [3.05, 3.63) is 34.1 Å². The van der Waals surface area contributed by atoms with Gasteiger partial charge in [0, 0.05) is 10.9 Å². The normalized spacial score (nSPS) is 12.8. The van der Waals surface area contributed by atoms with Crippen molar-refractivity contribution in [1.82, 2.24) is 0 Å². The Balaban J connectivity index is 2.77. The molecule has 0 spiro atoms. The maximum Gasteiger partial charge on any atom is 0.166 e. The van der Waals surface area contributed by atoms with Crippen molar-refractivity contribution in [2.45, 2.75) is 26.7 Å². The third-order valence-electron chi connectivity index (χ3n) is 2.84. The van der Waals surface area contributed by atoms with Crippen LogP contribution in [0.25, 0.3) is 0 Å². The Labute approximate surface area is 116 Å². The van der Waals surface area contributed by atoms with Crippen LogP contribution in [-0.2, 0) is 0 Å². The minimum atomic E-state index is -0.469. The Morgan fingerprint density at radius 1 is 1.44 bits per heavy atom. The Morgan fingerprint density at radius 2 is 2.11 bits per heavy atom. The lowest BCUT2D eigenvalue weighted by Gasteiger charge is -2.16. The highest BCUT2D eigenvalue weighted by atomic mass is 79.9. The van der Waals surface area contributed by atoms with Crippen LogP contribution in [0.5, 0.6) is 0 Å². The number of nitrogens with two attached hydrogens (primary N) is 1. The summed E-state index contributed by atoms with van der Waals surface area (Å²) < 4.78 is 14.3. The second-order valence-electron chi connectivity index (χ2n) is 4.98. The molecule has 0 aliphatic rings. The largest absolute Gasteiger partial charge is 0.330 e.